The molecule has 0 aromatic heterocycles. The first-order valence-electron chi connectivity index (χ1n) is 6.29. The number of rotatable bonds is 6. The lowest BCUT2D eigenvalue weighted by Gasteiger charge is -2.22. The smallest absolute Gasteiger partial charge is 0.237 e. The van der Waals surface area contributed by atoms with Gasteiger partial charge in [0.2, 0.25) is 5.91 Å². The first kappa shape index (κ1) is 13.5. The largest absolute Gasteiger partial charge is 0.379 e. The minimum Gasteiger partial charge on any atom is -0.379 e. The van der Waals surface area contributed by atoms with Gasteiger partial charge in [0.15, 0.2) is 0 Å². The normalized spacial score (nSPS) is 21.1. The van der Waals surface area contributed by atoms with E-state index < -0.39 is 0 Å². The zero-order valence-electron chi connectivity index (χ0n) is 10.4. The first-order valence-corrected chi connectivity index (χ1v) is 6.29. The lowest BCUT2D eigenvalue weighted by molar-refractivity contribution is -0.123. The molecule has 1 rings (SSSR count). The van der Waals surface area contributed by atoms with Crippen molar-refractivity contribution >= 4 is 5.91 Å². The zero-order chi connectivity index (χ0) is 11.8. The van der Waals surface area contributed by atoms with Crippen molar-refractivity contribution < 1.29 is 9.53 Å². The van der Waals surface area contributed by atoms with E-state index in [1.807, 2.05) is 0 Å². The average Bonchev–Trinajstić information content (AvgIpc) is 2.29. The second-order valence-corrected chi connectivity index (χ2v) is 4.76. The molecule has 0 saturated carbocycles. The predicted octanol–water partition coefficient (Wildman–Crippen LogP) is 0.917. The fourth-order valence-electron chi connectivity index (χ4n) is 1.76. The van der Waals surface area contributed by atoms with E-state index in [0.29, 0.717) is 19.1 Å². The Labute approximate surface area is 98.1 Å². The molecule has 2 N–H and O–H groups in total. The lowest BCUT2D eigenvalue weighted by atomic mass is 10.0. The van der Waals surface area contributed by atoms with Crippen LogP contribution in [0.2, 0.25) is 0 Å². The van der Waals surface area contributed by atoms with Gasteiger partial charge in [0.1, 0.15) is 0 Å². The van der Waals surface area contributed by atoms with Gasteiger partial charge in [0.05, 0.1) is 12.6 Å². The quantitative estimate of drug-likeness (QED) is 0.665. The molecule has 0 aromatic rings. The molecule has 1 heterocycles. The third-order valence-electron chi connectivity index (χ3n) is 2.62. The zero-order valence-corrected chi connectivity index (χ0v) is 10.4. The molecule has 1 saturated heterocycles. The maximum absolute atomic E-state index is 11.7. The van der Waals surface area contributed by atoms with Gasteiger partial charge in [-0.3, -0.25) is 4.79 Å². The molecule has 1 fully saturated rings. The Kier molecular flexibility index (Phi) is 6.42. The third kappa shape index (κ3) is 5.47. The molecule has 4 nitrogen and oxygen atoms in total. The van der Waals surface area contributed by atoms with Gasteiger partial charge in [0, 0.05) is 13.2 Å². The average molecular weight is 228 g/mol. The van der Waals surface area contributed by atoms with Crippen molar-refractivity contribution in [2.45, 2.75) is 39.2 Å². The van der Waals surface area contributed by atoms with Gasteiger partial charge in [-0.25, -0.2) is 0 Å². The fraction of sp³-hybridized carbons (Fsp3) is 0.917. The van der Waals surface area contributed by atoms with Gasteiger partial charge in [-0.15, -0.1) is 0 Å². The highest BCUT2D eigenvalue weighted by molar-refractivity contribution is 5.81. The van der Waals surface area contributed by atoms with Crippen LogP contribution >= 0.6 is 0 Å². The number of hydrogen-bond donors (Lipinski definition) is 2. The van der Waals surface area contributed by atoms with E-state index in [2.05, 4.69) is 24.5 Å². The summed E-state index contributed by atoms with van der Waals surface area (Å²) in [4.78, 5) is 11.7. The van der Waals surface area contributed by atoms with E-state index in [-0.39, 0.29) is 11.9 Å². The number of piperidine rings is 1. The summed E-state index contributed by atoms with van der Waals surface area (Å²) in [6.45, 7) is 7.18. The first-order chi connectivity index (χ1) is 7.70. The topological polar surface area (TPSA) is 50.4 Å². The SMILES string of the molecule is CC(C)COCCNC(=O)C1CCCCN1. The van der Waals surface area contributed by atoms with E-state index in [1.54, 1.807) is 0 Å². The Bertz CT molecular complexity index is 201. The summed E-state index contributed by atoms with van der Waals surface area (Å²) in [5.74, 6) is 0.670. The van der Waals surface area contributed by atoms with Crippen molar-refractivity contribution in [3.05, 3.63) is 0 Å². The summed E-state index contributed by atoms with van der Waals surface area (Å²) < 4.78 is 5.40. The van der Waals surface area contributed by atoms with Gasteiger partial charge >= 0.3 is 0 Å². The van der Waals surface area contributed by atoms with Crippen LogP contribution in [0, 0.1) is 5.92 Å². The van der Waals surface area contributed by atoms with E-state index in [1.165, 1.54) is 6.42 Å². The number of carbonyl (C=O) groups is 1. The Morgan fingerprint density at radius 2 is 2.31 bits per heavy atom. The van der Waals surface area contributed by atoms with Crippen LogP contribution in [-0.2, 0) is 9.53 Å². The number of amides is 1. The van der Waals surface area contributed by atoms with Crippen LogP contribution in [0.5, 0.6) is 0 Å². The highest BCUT2D eigenvalue weighted by Gasteiger charge is 2.19. The van der Waals surface area contributed by atoms with Crippen molar-refractivity contribution in [2.24, 2.45) is 5.92 Å². The van der Waals surface area contributed by atoms with Crippen LogP contribution in [-0.4, -0.2) is 38.3 Å². The minimum absolute atomic E-state index is 0.0128. The molecular weight excluding hydrogens is 204 g/mol. The molecule has 1 aliphatic rings. The molecule has 0 spiro atoms. The van der Waals surface area contributed by atoms with Gasteiger partial charge in [0.25, 0.3) is 0 Å². The van der Waals surface area contributed by atoms with E-state index >= 15 is 0 Å². The van der Waals surface area contributed by atoms with Crippen molar-refractivity contribution in [2.75, 3.05) is 26.3 Å². The Balaban J connectivity index is 2.01. The Morgan fingerprint density at radius 3 is 2.94 bits per heavy atom. The molecule has 94 valence electrons. The molecule has 0 bridgehead atoms. The molecule has 1 amide bonds. The number of carbonyl (C=O) groups excluding carboxylic acids is 1. The minimum atomic E-state index is 0.0128. The van der Waals surface area contributed by atoms with Crippen molar-refractivity contribution in [3.63, 3.8) is 0 Å². The van der Waals surface area contributed by atoms with Crippen LogP contribution in [0.15, 0.2) is 0 Å². The molecule has 0 aromatic carbocycles. The van der Waals surface area contributed by atoms with E-state index in [4.69, 9.17) is 4.74 Å². The van der Waals surface area contributed by atoms with Gasteiger partial charge in [-0.2, -0.15) is 0 Å². The van der Waals surface area contributed by atoms with Crippen molar-refractivity contribution in [1.29, 1.82) is 0 Å². The number of hydrogen-bond acceptors (Lipinski definition) is 3. The van der Waals surface area contributed by atoms with Crippen LogP contribution in [0.4, 0.5) is 0 Å². The van der Waals surface area contributed by atoms with Gasteiger partial charge in [-0.05, 0) is 25.3 Å². The fourth-order valence-corrected chi connectivity index (χ4v) is 1.76. The number of nitrogens with one attached hydrogen (secondary N) is 2. The monoisotopic (exact) mass is 228 g/mol. The summed E-state index contributed by atoms with van der Waals surface area (Å²) >= 11 is 0. The number of ether oxygens (including phenoxy) is 1. The predicted molar refractivity (Wildman–Crippen MR) is 64.3 cm³/mol. The molecule has 0 radical (unpaired) electrons. The van der Waals surface area contributed by atoms with E-state index in [9.17, 15) is 4.79 Å². The molecule has 1 aliphatic heterocycles. The van der Waals surface area contributed by atoms with Gasteiger partial charge < -0.3 is 15.4 Å². The van der Waals surface area contributed by atoms with Crippen LogP contribution < -0.4 is 10.6 Å². The second-order valence-electron chi connectivity index (χ2n) is 4.76. The summed E-state index contributed by atoms with van der Waals surface area (Å²) in [6.07, 6.45) is 3.29. The molecule has 4 heteroatoms. The molecule has 1 unspecified atom stereocenters. The maximum Gasteiger partial charge on any atom is 0.237 e. The van der Waals surface area contributed by atoms with Crippen LogP contribution in [0.1, 0.15) is 33.1 Å². The third-order valence-corrected chi connectivity index (χ3v) is 2.62. The maximum atomic E-state index is 11.7. The summed E-state index contributed by atoms with van der Waals surface area (Å²) in [5.41, 5.74) is 0. The second kappa shape index (κ2) is 7.63. The van der Waals surface area contributed by atoms with Crippen molar-refractivity contribution in [1.82, 2.24) is 10.6 Å². The Hall–Kier alpha value is -0.610. The molecule has 16 heavy (non-hydrogen) atoms. The highest BCUT2D eigenvalue weighted by atomic mass is 16.5. The Morgan fingerprint density at radius 1 is 1.50 bits per heavy atom. The molecule has 1 atom stereocenters. The van der Waals surface area contributed by atoms with Crippen LogP contribution in [0.25, 0.3) is 0 Å². The molecule has 0 aliphatic carbocycles. The van der Waals surface area contributed by atoms with Crippen molar-refractivity contribution in [3.8, 4) is 0 Å². The van der Waals surface area contributed by atoms with Gasteiger partial charge in [-0.1, -0.05) is 20.3 Å². The summed E-state index contributed by atoms with van der Waals surface area (Å²) in [7, 11) is 0. The summed E-state index contributed by atoms with van der Waals surface area (Å²) in [5, 5.41) is 6.12. The van der Waals surface area contributed by atoms with E-state index in [0.717, 1.165) is 26.0 Å². The standard InChI is InChI=1S/C12H24N2O2/c1-10(2)9-16-8-7-14-12(15)11-5-3-4-6-13-11/h10-11,13H,3-9H2,1-2H3,(H,14,15). The highest BCUT2D eigenvalue weighted by Crippen LogP contribution is 2.06. The summed E-state index contributed by atoms with van der Waals surface area (Å²) in [6, 6.07) is 0.0128. The molecular formula is C12H24N2O2. The lowest BCUT2D eigenvalue weighted by Crippen LogP contribution is -2.47. The van der Waals surface area contributed by atoms with Crippen LogP contribution in [0.3, 0.4) is 0 Å².